The molecule has 0 aromatic carbocycles. The molecular formula is C12H19BrN2O2. The molecule has 0 radical (unpaired) electrons. The minimum Gasteiger partial charge on any atom is -0.396 e. The van der Waals surface area contributed by atoms with Gasteiger partial charge in [0.05, 0.1) is 15.9 Å². The first-order valence-corrected chi connectivity index (χ1v) is 6.79. The highest BCUT2D eigenvalue weighted by Crippen LogP contribution is 2.23. The number of hydrogen-bond donors (Lipinski definition) is 1. The summed E-state index contributed by atoms with van der Waals surface area (Å²) in [6.45, 7) is 4.90. The fraction of sp³-hybridized carbons (Fsp3) is 0.667. The maximum Gasteiger partial charge on any atom is 0.138 e. The first kappa shape index (κ1) is 14.4. The number of nitrogens with zero attached hydrogens (tertiary/aromatic N) is 2. The Morgan fingerprint density at radius 2 is 2.18 bits per heavy atom. The lowest BCUT2D eigenvalue weighted by molar-refractivity contribution is -0.118. The molecule has 0 aliphatic carbocycles. The van der Waals surface area contributed by atoms with Gasteiger partial charge >= 0.3 is 0 Å². The van der Waals surface area contributed by atoms with Gasteiger partial charge in [-0.1, -0.05) is 6.92 Å². The molecule has 1 aromatic heterocycles. The predicted octanol–water partition coefficient (Wildman–Crippen LogP) is 2.11. The highest BCUT2D eigenvalue weighted by molar-refractivity contribution is 9.10. The van der Waals surface area contributed by atoms with E-state index in [2.05, 4.69) is 21.0 Å². The van der Waals surface area contributed by atoms with Crippen LogP contribution in [0.5, 0.6) is 0 Å². The molecular weight excluding hydrogens is 284 g/mol. The largest absolute Gasteiger partial charge is 0.396 e. The van der Waals surface area contributed by atoms with Crippen molar-refractivity contribution in [2.24, 2.45) is 0 Å². The minimum absolute atomic E-state index is 0.0696. The molecule has 96 valence electrons. The van der Waals surface area contributed by atoms with Crippen molar-refractivity contribution in [2.75, 3.05) is 6.61 Å². The number of carbonyl (C=O) groups is 1. The zero-order valence-corrected chi connectivity index (χ0v) is 12.0. The van der Waals surface area contributed by atoms with E-state index >= 15 is 0 Å². The summed E-state index contributed by atoms with van der Waals surface area (Å²) in [7, 11) is 0. The third-order valence-electron chi connectivity index (χ3n) is 2.67. The Balaban J connectivity index is 2.81. The molecule has 1 N–H and O–H groups in total. The molecule has 0 fully saturated rings. The van der Waals surface area contributed by atoms with Gasteiger partial charge in [-0.05, 0) is 35.7 Å². The van der Waals surface area contributed by atoms with Crippen LogP contribution in [0.3, 0.4) is 0 Å². The summed E-state index contributed by atoms with van der Waals surface area (Å²) in [4.78, 5) is 11.7. The van der Waals surface area contributed by atoms with Crippen molar-refractivity contribution >= 4 is 21.7 Å². The lowest BCUT2D eigenvalue weighted by Gasteiger charge is -2.04. The summed E-state index contributed by atoms with van der Waals surface area (Å²) < 4.78 is 2.83. The van der Waals surface area contributed by atoms with Gasteiger partial charge in [0, 0.05) is 26.0 Å². The van der Waals surface area contributed by atoms with Crippen LogP contribution >= 0.6 is 15.9 Å². The van der Waals surface area contributed by atoms with Crippen molar-refractivity contribution < 1.29 is 9.90 Å². The average Bonchev–Trinajstić information content (AvgIpc) is 2.63. The van der Waals surface area contributed by atoms with Crippen molar-refractivity contribution in [2.45, 2.75) is 46.1 Å². The summed E-state index contributed by atoms with van der Waals surface area (Å²) in [5, 5.41) is 13.1. The lowest BCUT2D eigenvalue weighted by atomic mass is 10.1. The Kier molecular flexibility index (Phi) is 5.85. The number of aromatic nitrogens is 2. The van der Waals surface area contributed by atoms with Crippen molar-refractivity contribution in [1.82, 2.24) is 9.78 Å². The lowest BCUT2D eigenvalue weighted by Crippen LogP contribution is -2.10. The van der Waals surface area contributed by atoms with Crippen LogP contribution < -0.4 is 0 Å². The molecule has 4 nitrogen and oxygen atoms in total. The van der Waals surface area contributed by atoms with Crippen LogP contribution in [0.15, 0.2) is 4.47 Å². The van der Waals surface area contributed by atoms with Crippen LogP contribution in [0.4, 0.5) is 0 Å². The number of rotatable bonds is 7. The molecule has 5 heteroatoms. The Labute approximate surface area is 110 Å². The van der Waals surface area contributed by atoms with Crippen LogP contribution in [0.2, 0.25) is 0 Å². The molecule has 0 aliphatic rings. The summed E-state index contributed by atoms with van der Waals surface area (Å²) in [6, 6.07) is 0. The van der Waals surface area contributed by atoms with Crippen molar-refractivity contribution in [1.29, 1.82) is 0 Å². The van der Waals surface area contributed by atoms with Crippen LogP contribution in [-0.2, 0) is 24.2 Å². The molecule has 1 heterocycles. The number of halogens is 1. The van der Waals surface area contributed by atoms with E-state index in [0.717, 1.165) is 28.8 Å². The molecule has 0 unspecified atom stereocenters. The van der Waals surface area contributed by atoms with E-state index in [9.17, 15) is 4.79 Å². The Morgan fingerprint density at radius 3 is 2.71 bits per heavy atom. The highest BCUT2D eigenvalue weighted by Gasteiger charge is 2.16. The number of ketones is 1. The average molecular weight is 303 g/mol. The SMILES string of the molecule is CCc1nn(CC)c(CC(=O)CCCO)c1Br. The maximum absolute atomic E-state index is 11.7. The van der Waals surface area contributed by atoms with Gasteiger partial charge in [0.1, 0.15) is 5.78 Å². The number of hydrogen-bond acceptors (Lipinski definition) is 3. The molecule has 1 rings (SSSR count). The predicted molar refractivity (Wildman–Crippen MR) is 70.0 cm³/mol. The van der Waals surface area contributed by atoms with Gasteiger partial charge in [0.25, 0.3) is 0 Å². The second-order valence-electron chi connectivity index (χ2n) is 3.92. The van der Waals surface area contributed by atoms with E-state index in [1.165, 1.54) is 0 Å². The van der Waals surface area contributed by atoms with Gasteiger partial charge in [-0.25, -0.2) is 0 Å². The Morgan fingerprint density at radius 1 is 1.47 bits per heavy atom. The fourth-order valence-corrected chi connectivity index (χ4v) is 2.44. The second kappa shape index (κ2) is 6.91. The third-order valence-corrected chi connectivity index (χ3v) is 3.59. The Bertz CT molecular complexity index is 388. The summed E-state index contributed by atoms with van der Waals surface area (Å²) in [5.74, 6) is 0.150. The van der Waals surface area contributed by atoms with Gasteiger partial charge in [-0.2, -0.15) is 5.10 Å². The number of aliphatic hydroxyl groups is 1. The molecule has 0 amide bonds. The van der Waals surface area contributed by atoms with Crippen molar-refractivity contribution in [3.63, 3.8) is 0 Å². The van der Waals surface area contributed by atoms with Gasteiger partial charge < -0.3 is 5.11 Å². The van der Waals surface area contributed by atoms with Crippen LogP contribution in [-0.4, -0.2) is 27.3 Å². The second-order valence-corrected chi connectivity index (χ2v) is 4.71. The number of aliphatic hydroxyl groups excluding tert-OH is 1. The van der Waals surface area contributed by atoms with E-state index in [1.54, 1.807) is 0 Å². The number of Topliss-reactive ketones (excluding diaryl/α,β-unsaturated/α-hetero) is 1. The monoisotopic (exact) mass is 302 g/mol. The maximum atomic E-state index is 11.7. The van der Waals surface area contributed by atoms with E-state index in [-0.39, 0.29) is 12.4 Å². The molecule has 0 atom stereocenters. The topological polar surface area (TPSA) is 55.1 Å². The smallest absolute Gasteiger partial charge is 0.138 e. The van der Waals surface area contributed by atoms with Gasteiger partial charge in [-0.15, -0.1) is 0 Å². The number of carbonyl (C=O) groups excluding carboxylic acids is 1. The van der Waals surface area contributed by atoms with E-state index in [4.69, 9.17) is 5.11 Å². The van der Waals surface area contributed by atoms with Gasteiger partial charge in [-0.3, -0.25) is 9.48 Å². The molecule has 0 bridgehead atoms. The van der Waals surface area contributed by atoms with Crippen LogP contribution in [0.25, 0.3) is 0 Å². The zero-order valence-electron chi connectivity index (χ0n) is 10.4. The van der Waals surface area contributed by atoms with Crippen molar-refractivity contribution in [3.05, 3.63) is 15.9 Å². The first-order chi connectivity index (χ1) is 8.13. The van der Waals surface area contributed by atoms with Crippen molar-refractivity contribution in [3.8, 4) is 0 Å². The molecule has 1 aromatic rings. The summed E-state index contributed by atoms with van der Waals surface area (Å²) in [5.41, 5.74) is 1.95. The third kappa shape index (κ3) is 3.64. The van der Waals surface area contributed by atoms with E-state index in [1.807, 2.05) is 18.5 Å². The zero-order chi connectivity index (χ0) is 12.8. The van der Waals surface area contributed by atoms with Gasteiger partial charge in [0.2, 0.25) is 0 Å². The fourth-order valence-electron chi connectivity index (χ4n) is 1.74. The molecule has 17 heavy (non-hydrogen) atoms. The molecule has 0 aliphatic heterocycles. The molecule has 0 spiro atoms. The van der Waals surface area contributed by atoms with Crippen LogP contribution in [0, 0.1) is 0 Å². The first-order valence-electron chi connectivity index (χ1n) is 6.00. The van der Waals surface area contributed by atoms with Gasteiger partial charge in [0.15, 0.2) is 0 Å². The standard InChI is InChI=1S/C12H19BrN2O2/c1-3-10-12(13)11(15(4-2)14-10)8-9(17)6-5-7-16/h16H,3-8H2,1-2H3. The normalized spacial score (nSPS) is 10.8. The Hall–Kier alpha value is -0.680. The van der Waals surface area contributed by atoms with E-state index in [0.29, 0.717) is 19.3 Å². The summed E-state index contributed by atoms with van der Waals surface area (Å²) in [6.07, 6.45) is 2.21. The van der Waals surface area contributed by atoms with E-state index < -0.39 is 0 Å². The van der Waals surface area contributed by atoms with Crippen LogP contribution in [0.1, 0.15) is 38.1 Å². The highest BCUT2D eigenvalue weighted by atomic mass is 79.9. The molecule has 0 saturated carbocycles. The summed E-state index contributed by atoms with van der Waals surface area (Å²) >= 11 is 3.51. The minimum atomic E-state index is 0.0696. The quantitative estimate of drug-likeness (QED) is 0.839. The molecule has 0 saturated heterocycles. The number of aryl methyl sites for hydroxylation is 2.